The standard InChI is InChI=1S/C32H26F3N5O2S/c33-32(34,35)23-12-6-13-24(18-23)40-28(19-36-30(42)26-15-5-10-21-8-1-3-14-25(21)26)37-38-31(40)43-20-29(41)39-17-7-11-22-9-2-4-16-27(22)39/h1-6,8-10,12-16,18H,7,11,17,19-20H2,(H,36,42). The quantitative estimate of drug-likeness (QED) is 0.217. The summed E-state index contributed by atoms with van der Waals surface area (Å²) in [5.74, 6) is -0.260. The molecule has 218 valence electrons. The molecule has 0 saturated heterocycles. The number of halogens is 3. The van der Waals surface area contributed by atoms with Crippen molar-refractivity contribution in [3.63, 3.8) is 0 Å². The number of anilines is 1. The molecule has 1 aliphatic heterocycles. The zero-order chi connectivity index (χ0) is 30.0. The molecule has 0 saturated carbocycles. The van der Waals surface area contributed by atoms with Gasteiger partial charge in [-0.3, -0.25) is 14.2 Å². The molecule has 43 heavy (non-hydrogen) atoms. The van der Waals surface area contributed by atoms with Crippen molar-refractivity contribution in [1.82, 2.24) is 20.1 Å². The van der Waals surface area contributed by atoms with Gasteiger partial charge in [-0.1, -0.05) is 72.4 Å². The van der Waals surface area contributed by atoms with Crippen LogP contribution >= 0.6 is 11.8 Å². The summed E-state index contributed by atoms with van der Waals surface area (Å²) in [7, 11) is 0. The minimum atomic E-state index is -4.56. The first-order valence-corrected chi connectivity index (χ1v) is 14.7. The highest BCUT2D eigenvalue weighted by Crippen LogP contribution is 2.32. The van der Waals surface area contributed by atoms with Crippen molar-refractivity contribution in [2.24, 2.45) is 0 Å². The van der Waals surface area contributed by atoms with E-state index >= 15 is 0 Å². The lowest BCUT2D eigenvalue weighted by atomic mass is 10.0. The first kappa shape index (κ1) is 28.5. The van der Waals surface area contributed by atoms with E-state index in [9.17, 15) is 22.8 Å². The Morgan fingerprint density at radius 2 is 1.67 bits per heavy atom. The van der Waals surface area contributed by atoms with Crippen molar-refractivity contribution in [3.8, 4) is 5.69 Å². The van der Waals surface area contributed by atoms with Gasteiger partial charge in [-0.15, -0.1) is 10.2 Å². The van der Waals surface area contributed by atoms with Crippen molar-refractivity contribution >= 4 is 40.0 Å². The van der Waals surface area contributed by atoms with E-state index in [2.05, 4.69) is 15.5 Å². The minimum absolute atomic E-state index is 0.00773. The lowest BCUT2D eigenvalue weighted by molar-refractivity contribution is -0.137. The number of carbonyl (C=O) groups excluding carboxylic acids is 2. The summed E-state index contributed by atoms with van der Waals surface area (Å²) in [5.41, 5.74) is 1.78. The number of para-hydroxylation sites is 1. The van der Waals surface area contributed by atoms with Crippen LogP contribution in [0, 0.1) is 0 Å². The van der Waals surface area contributed by atoms with E-state index in [0.29, 0.717) is 12.1 Å². The van der Waals surface area contributed by atoms with E-state index in [1.807, 2.05) is 54.6 Å². The largest absolute Gasteiger partial charge is 0.416 e. The zero-order valence-corrected chi connectivity index (χ0v) is 23.7. The monoisotopic (exact) mass is 601 g/mol. The summed E-state index contributed by atoms with van der Waals surface area (Å²) in [6, 6.07) is 25.5. The summed E-state index contributed by atoms with van der Waals surface area (Å²) < 4.78 is 42.3. The molecule has 2 amide bonds. The molecule has 4 aromatic carbocycles. The molecule has 5 aromatic rings. The Morgan fingerprint density at radius 1 is 0.907 bits per heavy atom. The van der Waals surface area contributed by atoms with E-state index < -0.39 is 11.7 Å². The van der Waals surface area contributed by atoms with Gasteiger partial charge in [0.1, 0.15) is 0 Å². The Kier molecular flexibility index (Phi) is 7.90. The van der Waals surface area contributed by atoms with Gasteiger partial charge in [0, 0.05) is 17.8 Å². The molecule has 2 heterocycles. The van der Waals surface area contributed by atoms with Crippen LogP contribution in [0.1, 0.15) is 33.7 Å². The van der Waals surface area contributed by atoms with Gasteiger partial charge < -0.3 is 10.2 Å². The Hall–Kier alpha value is -4.64. The highest BCUT2D eigenvalue weighted by molar-refractivity contribution is 7.99. The zero-order valence-electron chi connectivity index (χ0n) is 22.8. The fraction of sp³-hybridized carbons (Fsp3) is 0.188. The maximum atomic E-state index is 13.6. The highest BCUT2D eigenvalue weighted by Gasteiger charge is 2.31. The second-order valence-corrected chi connectivity index (χ2v) is 11.0. The number of carbonyl (C=O) groups is 2. The fourth-order valence-electron chi connectivity index (χ4n) is 5.26. The number of hydrogen-bond acceptors (Lipinski definition) is 5. The van der Waals surface area contributed by atoms with Crippen LogP contribution in [-0.2, 0) is 23.9 Å². The van der Waals surface area contributed by atoms with Crippen LogP contribution in [0.5, 0.6) is 0 Å². The van der Waals surface area contributed by atoms with Gasteiger partial charge in [-0.25, -0.2) is 0 Å². The molecule has 7 nitrogen and oxygen atoms in total. The third kappa shape index (κ3) is 5.98. The molecule has 1 N–H and O–H groups in total. The number of aromatic nitrogens is 3. The van der Waals surface area contributed by atoms with Gasteiger partial charge >= 0.3 is 6.18 Å². The fourth-order valence-corrected chi connectivity index (χ4v) is 6.11. The first-order valence-electron chi connectivity index (χ1n) is 13.7. The average molecular weight is 602 g/mol. The van der Waals surface area contributed by atoms with Crippen molar-refractivity contribution in [3.05, 3.63) is 114 Å². The topological polar surface area (TPSA) is 80.1 Å². The number of rotatable bonds is 7. The van der Waals surface area contributed by atoms with Crippen LogP contribution in [0.2, 0.25) is 0 Å². The van der Waals surface area contributed by atoms with Crippen molar-refractivity contribution in [2.75, 3.05) is 17.2 Å². The highest BCUT2D eigenvalue weighted by atomic mass is 32.2. The van der Waals surface area contributed by atoms with E-state index in [1.165, 1.54) is 16.7 Å². The number of benzene rings is 4. The van der Waals surface area contributed by atoms with Crippen LogP contribution in [0.3, 0.4) is 0 Å². The van der Waals surface area contributed by atoms with Crippen LogP contribution in [0.25, 0.3) is 16.5 Å². The average Bonchev–Trinajstić information content (AvgIpc) is 3.44. The molecule has 0 fully saturated rings. The predicted octanol–water partition coefficient (Wildman–Crippen LogP) is 6.44. The Labute approximate surface area is 249 Å². The normalized spacial score (nSPS) is 13.1. The SMILES string of the molecule is O=C(NCc1nnc(SCC(=O)N2CCCc3ccccc32)n1-c1cccc(C(F)(F)F)c1)c1cccc2ccccc12. The molecule has 0 radical (unpaired) electrons. The van der Waals surface area contributed by atoms with Crippen molar-refractivity contribution < 1.29 is 22.8 Å². The van der Waals surface area contributed by atoms with Crippen molar-refractivity contribution in [2.45, 2.75) is 30.7 Å². The summed E-state index contributed by atoms with van der Waals surface area (Å²) in [4.78, 5) is 28.2. The molecular weight excluding hydrogens is 575 g/mol. The van der Waals surface area contributed by atoms with Gasteiger partial charge in [-0.05, 0) is 59.5 Å². The number of nitrogens with zero attached hydrogens (tertiary/aromatic N) is 4. The molecule has 0 spiro atoms. The Morgan fingerprint density at radius 3 is 2.53 bits per heavy atom. The third-order valence-corrected chi connectivity index (χ3v) is 8.22. The third-order valence-electron chi connectivity index (χ3n) is 7.31. The van der Waals surface area contributed by atoms with Gasteiger partial charge in [0.2, 0.25) is 5.91 Å². The van der Waals surface area contributed by atoms with E-state index in [4.69, 9.17) is 0 Å². The van der Waals surface area contributed by atoms with E-state index in [0.717, 1.165) is 58.8 Å². The molecule has 0 atom stereocenters. The smallest absolute Gasteiger partial charge is 0.345 e. The maximum Gasteiger partial charge on any atom is 0.416 e. The second kappa shape index (κ2) is 11.9. The van der Waals surface area contributed by atoms with Crippen LogP contribution in [-0.4, -0.2) is 38.9 Å². The van der Waals surface area contributed by atoms with Gasteiger partial charge in [0.15, 0.2) is 11.0 Å². The number of fused-ring (bicyclic) bond motifs is 2. The Bertz CT molecular complexity index is 1820. The van der Waals surface area contributed by atoms with Crippen molar-refractivity contribution in [1.29, 1.82) is 0 Å². The minimum Gasteiger partial charge on any atom is -0.345 e. The lowest BCUT2D eigenvalue weighted by Crippen LogP contribution is -2.36. The van der Waals surface area contributed by atoms with Crippen LogP contribution < -0.4 is 10.2 Å². The first-order chi connectivity index (χ1) is 20.8. The lowest BCUT2D eigenvalue weighted by Gasteiger charge is -2.29. The number of hydrogen-bond donors (Lipinski definition) is 1. The molecule has 11 heteroatoms. The summed E-state index contributed by atoms with van der Waals surface area (Å²) in [6.07, 6.45) is -2.82. The molecule has 6 rings (SSSR count). The van der Waals surface area contributed by atoms with Gasteiger partial charge in [-0.2, -0.15) is 13.2 Å². The van der Waals surface area contributed by atoms with Crippen LogP contribution in [0.4, 0.5) is 18.9 Å². The molecule has 0 unspecified atom stereocenters. The van der Waals surface area contributed by atoms with Gasteiger partial charge in [0.25, 0.3) is 5.91 Å². The molecule has 1 aliphatic rings. The predicted molar refractivity (Wildman–Crippen MR) is 159 cm³/mol. The number of amides is 2. The summed E-state index contributed by atoms with van der Waals surface area (Å²) >= 11 is 1.09. The summed E-state index contributed by atoms with van der Waals surface area (Å²) in [6.45, 7) is 0.488. The molecular formula is C32H26F3N5O2S. The molecule has 0 aliphatic carbocycles. The number of nitrogens with one attached hydrogen (secondary N) is 1. The molecule has 0 bridgehead atoms. The van der Waals surface area contributed by atoms with Gasteiger partial charge in [0.05, 0.1) is 23.5 Å². The number of alkyl halides is 3. The van der Waals surface area contributed by atoms with E-state index in [1.54, 1.807) is 17.0 Å². The number of thioether (sulfide) groups is 1. The summed E-state index contributed by atoms with van der Waals surface area (Å²) in [5, 5.41) is 13.2. The van der Waals surface area contributed by atoms with Crippen LogP contribution in [0.15, 0.2) is 96.2 Å². The molecule has 1 aromatic heterocycles. The second-order valence-electron chi connectivity index (χ2n) is 10.1. The maximum absolute atomic E-state index is 13.6. The Balaban J connectivity index is 1.27. The van der Waals surface area contributed by atoms with E-state index in [-0.39, 0.29) is 40.8 Å². The number of aryl methyl sites for hydroxylation is 1.